The second kappa shape index (κ2) is 5.41. The zero-order valence-electron chi connectivity index (χ0n) is 10.1. The highest BCUT2D eigenvalue weighted by molar-refractivity contribution is 5.12. The van der Waals surface area contributed by atoms with Gasteiger partial charge in [-0.05, 0) is 44.9 Å². The molecule has 3 nitrogen and oxygen atoms in total. The first kappa shape index (κ1) is 11.6. The fourth-order valence-corrected chi connectivity index (χ4v) is 2.04. The fraction of sp³-hybridized carbons (Fsp3) is 0.615. The topological polar surface area (TPSA) is 34.1 Å². The second-order valence-electron chi connectivity index (χ2n) is 4.62. The van der Waals surface area contributed by atoms with Crippen molar-refractivity contribution in [2.24, 2.45) is 0 Å². The number of hydrogen-bond donors (Lipinski definition) is 1. The van der Waals surface area contributed by atoms with Crippen LogP contribution in [0.1, 0.15) is 31.0 Å². The van der Waals surface area contributed by atoms with Gasteiger partial charge in [0.15, 0.2) is 0 Å². The monoisotopic (exact) mass is 220 g/mol. The normalized spacial score (nSPS) is 25.6. The third-order valence-corrected chi connectivity index (χ3v) is 3.03. The van der Waals surface area contributed by atoms with Crippen molar-refractivity contribution in [1.82, 2.24) is 10.3 Å². The highest BCUT2D eigenvalue weighted by Gasteiger charge is 2.18. The number of nitrogens with one attached hydrogen (secondary N) is 1. The first-order valence-electron chi connectivity index (χ1n) is 6.00. The van der Waals surface area contributed by atoms with Crippen LogP contribution in [0.5, 0.6) is 0 Å². The van der Waals surface area contributed by atoms with Crippen molar-refractivity contribution in [1.29, 1.82) is 0 Å². The Bertz CT molecular complexity index is 323. The number of ether oxygens (including phenoxy) is 1. The van der Waals surface area contributed by atoms with E-state index in [1.165, 1.54) is 0 Å². The molecule has 2 atom stereocenters. The Labute approximate surface area is 97.2 Å². The van der Waals surface area contributed by atoms with Gasteiger partial charge in [-0.2, -0.15) is 0 Å². The Balaban J connectivity index is 1.80. The molecule has 1 aromatic heterocycles. The molecule has 0 aliphatic carbocycles. The molecule has 0 saturated carbocycles. The summed E-state index contributed by atoms with van der Waals surface area (Å²) in [6, 6.07) is 4.70. The largest absolute Gasteiger partial charge is 0.373 e. The second-order valence-corrected chi connectivity index (χ2v) is 4.62. The predicted molar refractivity (Wildman–Crippen MR) is 64.2 cm³/mol. The van der Waals surface area contributed by atoms with Crippen molar-refractivity contribution < 1.29 is 4.74 Å². The highest BCUT2D eigenvalue weighted by atomic mass is 16.5. The maximum absolute atomic E-state index is 5.90. The maximum Gasteiger partial charge on any atom is 0.0735 e. The van der Waals surface area contributed by atoms with Gasteiger partial charge in [0.25, 0.3) is 0 Å². The molecule has 1 N–H and O–H groups in total. The number of aromatic nitrogens is 1. The van der Waals surface area contributed by atoms with E-state index < -0.39 is 0 Å². The summed E-state index contributed by atoms with van der Waals surface area (Å²) in [4.78, 5) is 4.27. The van der Waals surface area contributed by atoms with Gasteiger partial charge in [0.2, 0.25) is 0 Å². The van der Waals surface area contributed by atoms with Crippen LogP contribution in [0.25, 0.3) is 0 Å². The van der Waals surface area contributed by atoms with Gasteiger partial charge < -0.3 is 10.1 Å². The molecule has 0 bridgehead atoms. The minimum absolute atomic E-state index is 0.401. The van der Waals surface area contributed by atoms with Crippen LogP contribution in [0.2, 0.25) is 0 Å². The van der Waals surface area contributed by atoms with E-state index >= 15 is 0 Å². The highest BCUT2D eigenvalue weighted by Crippen LogP contribution is 2.14. The molecular formula is C13H20N2O. The summed E-state index contributed by atoms with van der Waals surface area (Å²) in [6.07, 6.45) is 4.53. The van der Waals surface area contributed by atoms with Gasteiger partial charge in [-0.25, -0.2) is 0 Å². The van der Waals surface area contributed by atoms with Gasteiger partial charge in [0.05, 0.1) is 12.7 Å². The lowest BCUT2D eigenvalue weighted by Gasteiger charge is -2.28. The lowest BCUT2D eigenvalue weighted by atomic mass is 10.0. The molecule has 0 unspecified atom stereocenters. The van der Waals surface area contributed by atoms with Gasteiger partial charge in [0, 0.05) is 17.9 Å². The molecule has 0 spiro atoms. The molecule has 1 saturated heterocycles. The van der Waals surface area contributed by atoms with Crippen molar-refractivity contribution in [2.45, 2.75) is 45.4 Å². The Kier molecular flexibility index (Phi) is 3.91. The number of nitrogens with zero attached hydrogens (tertiary/aromatic N) is 1. The van der Waals surface area contributed by atoms with E-state index in [9.17, 15) is 0 Å². The SMILES string of the molecule is Cc1ccc(CO[C@H]2CCN[C@@H](C)C2)cn1. The number of pyridine rings is 1. The van der Waals surface area contributed by atoms with E-state index in [1.807, 2.05) is 19.2 Å². The van der Waals surface area contributed by atoms with E-state index in [1.54, 1.807) is 0 Å². The number of piperidine rings is 1. The molecule has 2 heterocycles. The number of rotatable bonds is 3. The van der Waals surface area contributed by atoms with Gasteiger partial charge in [0.1, 0.15) is 0 Å². The van der Waals surface area contributed by atoms with Gasteiger partial charge in [-0.3, -0.25) is 4.98 Å². The van der Waals surface area contributed by atoms with Crippen molar-refractivity contribution in [3.05, 3.63) is 29.6 Å². The maximum atomic E-state index is 5.90. The number of hydrogen-bond acceptors (Lipinski definition) is 3. The van der Waals surface area contributed by atoms with E-state index in [4.69, 9.17) is 4.74 Å². The minimum Gasteiger partial charge on any atom is -0.373 e. The van der Waals surface area contributed by atoms with Crippen LogP contribution >= 0.6 is 0 Å². The third-order valence-electron chi connectivity index (χ3n) is 3.03. The summed E-state index contributed by atoms with van der Waals surface area (Å²) in [5.74, 6) is 0. The molecule has 2 rings (SSSR count). The average molecular weight is 220 g/mol. The molecule has 1 aliphatic rings. The first-order valence-corrected chi connectivity index (χ1v) is 6.00. The first-order chi connectivity index (χ1) is 7.74. The molecule has 1 aliphatic heterocycles. The predicted octanol–water partition coefficient (Wildman–Crippen LogP) is 2.05. The quantitative estimate of drug-likeness (QED) is 0.846. The van der Waals surface area contributed by atoms with Crippen molar-refractivity contribution >= 4 is 0 Å². The molecule has 0 amide bonds. The molecule has 3 heteroatoms. The molecule has 1 fully saturated rings. The smallest absolute Gasteiger partial charge is 0.0735 e. The van der Waals surface area contributed by atoms with Crippen LogP contribution < -0.4 is 5.32 Å². The lowest BCUT2D eigenvalue weighted by molar-refractivity contribution is 0.0125. The van der Waals surface area contributed by atoms with Gasteiger partial charge >= 0.3 is 0 Å². The summed E-state index contributed by atoms with van der Waals surface area (Å²) < 4.78 is 5.90. The Morgan fingerprint density at radius 2 is 2.38 bits per heavy atom. The Morgan fingerprint density at radius 1 is 1.50 bits per heavy atom. The van der Waals surface area contributed by atoms with Crippen LogP contribution in [-0.2, 0) is 11.3 Å². The molecular weight excluding hydrogens is 200 g/mol. The Hall–Kier alpha value is -0.930. The van der Waals surface area contributed by atoms with Crippen molar-refractivity contribution in [2.75, 3.05) is 6.54 Å². The Morgan fingerprint density at radius 3 is 3.06 bits per heavy atom. The van der Waals surface area contributed by atoms with Crippen LogP contribution in [0, 0.1) is 6.92 Å². The summed E-state index contributed by atoms with van der Waals surface area (Å²) in [5, 5.41) is 3.43. The lowest BCUT2D eigenvalue weighted by Crippen LogP contribution is -2.39. The zero-order chi connectivity index (χ0) is 11.4. The number of aryl methyl sites for hydroxylation is 1. The minimum atomic E-state index is 0.401. The molecule has 0 aromatic carbocycles. The third kappa shape index (κ3) is 3.29. The van der Waals surface area contributed by atoms with Gasteiger partial charge in [-0.15, -0.1) is 0 Å². The summed E-state index contributed by atoms with van der Waals surface area (Å²) in [7, 11) is 0. The van der Waals surface area contributed by atoms with Crippen molar-refractivity contribution in [3.63, 3.8) is 0 Å². The van der Waals surface area contributed by atoms with Crippen LogP contribution in [0.4, 0.5) is 0 Å². The average Bonchev–Trinajstić information content (AvgIpc) is 2.28. The summed E-state index contributed by atoms with van der Waals surface area (Å²) in [5.41, 5.74) is 2.22. The van der Waals surface area contributed by atoms with E-state index in [-0.39, 0.29) is 0 Å². The standard InChI is InChI=1S/C13H20N2O/c1-10-3-4-12(8-15-10)9-16-13-5-6-14-11(2)7-13/h3-4,8,11,13-14H,5-7,9H2,1-2H3/t11-,13-/m0/s1. The van der Waals surface area contributed by atoms with Crippen molar-refractivity contribution in [3.8, 4) is 0 Å². The summed E-state index contributed by atoms with van der Waals surface area (Å²) in [6.45, 7) is 5.96. The van der Waals surface area contributed by atoms with Crippen LogP contribution in [0.3, 0.4) is 0 Å². The molecule has 88 valence electrons. The van der Waals surface area contributed by atoms with Crippen LogP contribution in [0.15, 0.2) is 18.3 Å². The van der Waals surface area contributed by atoms with Crippen LogP contribution in [-0.4, -0.2) is 23.7 Å². The molecule has 1 aromatic rings. The fourth-order valence-electron chi connectivity index (χ4n) is 2.04. The van der Waals surface area contributed by atoms with E-state index in [2.05, 4.69) is 23.3 Å². The summed E-state index contributed by atoms with van der Waals surface area (Å²) >= 11 is 0. The molecule has 16 heavy (non-hydrogen) atoms. The molecule has 0 radical (unpaired) electrons. The zero-order valence-corrected chi connectivity index (χ0v) is 10.1. The van der Waals surface area contributed by atoms with E-state index in [0.29, 0.717) is 18.8 Å². The van der Waals surface area contributed by atoms with E-state index in [0.717, 1.165) is 30.6 Å². The van der Waals surface area contributed by atoms with Gasteiger partial charge in [-0.1, -0.05) is 6.07 Å².